The van der Waals surface area contributed by atoms with Crippen molar-refractivity contribution >= 4 is 58.6 Å². The molecule has 1 heterocycles. The molecule has 0 spiro atoms. The second kappa shape index (κ2) is 9.92. The molecule has 28 heavy (non-hydrogen) atoms. The highest BCUT2D eigenvalue weighted by Gasteiger charge is 2.26. The molecular formula is C21H21Cl2NO3S. The van der Waals surface area contributed by atoms with Crippen molar-refractivity contribution in [1.29, 1.82) is 0 Å². The standard InChI is InChI=1S/C21H21Cl2NO3S/c1-6-26-13(4)18-12(3)19(28-20(18)21(25)27-7-2)17(11-24-5)14-8-15(22)10-16(23)9-14/h8-11H,4-7H2,1-3H3/b17-11-. The summed E-state index contributed by atoms with van der Waals surface area (Å²) in [5.74, 6) is -0.00617. The number of carbonyl (C=O) groups is 1. The first-order valence-corrected chi connectivity index (χ1v) is 10.2. The molecule has 7 heteroatoms. The fourth-order valence-electron chi connectivity index (χ4n) is 2.76. The number of ether oxygens (including phenoxy) is 2. The molecule has 2 aromatic rings. The quantitative estimate of drug-likeness (QED) is 0.264. The Balaban J connectivity index is 2.72. The van der Waals surface area contributed by atoms with E-state index in [9.17, 15) is 4.79 Å². The van der Waals surface area contributed by atoms with Gasteiger partial charge in [0, 0.05) is 32.3 Å². The van der Waals surface area contributed by atoms with Crippen LogP contribution in [0.4, 0.5) is 0 Å². The van der Waals surface area contributed by atoms with Crippen molar-refractivity contribution in [3.8, 4) is 0 Å². The van der Waals surface area contributed by atoms with Crippen molar-refractivity contribution in [2.75, 3.05) is 13.2 Å². The van der Waals surface area contributed by atoms with Gasteiger partial charge in [0.15, 0.2) is 0 Å². The van der Waals surface area contributed by atoms with Gasteiger partial charge in [0.2, 0.25) is 0 Å². The maximum Gasteiger partial charge on any atom is 0.349 e. The summed E-state index contributed by atoms with van der Waals surface area (Å²) < 4.78 is 10.8. The Morgan fingerprint density at radius 2 is 1.75 bits per heavy atom. The number of benzene rings is 1. The predicted molar refractivity (Wildman–Crippen MR) is 119 cm³/mol. The van der Waals surface area contributed by atoms with Crippen LogP contribution in [0.25, 0.3) is 11.3 Å². The lowest BCUT2D eigenvalue weighted by Gasteiger charge is -2.10. The number of aliphatic imine (C=N–C) groups is 1. The molecule has 0 bridgehead atoms. The first-order valence-electron chi connectivity index (χ1n) is 8.59. The average molecular weight is 438 g/mol. The topological polar surface area (TPSA) is 47.9 Å². The SMILES string of the molecule is C=N/C=C(/c1cc(Cl)cc(Cl)c1)c1sc(C(=O)OCC)c(C(=C)OCC)c1C. The number of thiophene rings is 1. The molecule has 1 aromatic heterocycles. The zero-order chi connectivity index (χ0) is 20.8. The maximum absolute atomic E-state index is 12.6. The number of carbonyl (C=O) groups excluding carboxylic acids is 1. The van der Waals surface area contributed by atoms with E-state index < -0.39 is 5.97 Å². The van der Waals surface area contributed by atoms with Gasteiger partial charge in [-0.15, -0.1) is 11.3 Å². The van der Waals surface area contributed by atoms with Gasteiger partial charge in [0.1, 0.15) is 10.6 Å². The van der Waals surface area contributed by atoms with Gasteiger partial charge >= 0.3 is 5.97 Å². The monoisotopic (exact) mass is 437 g/mol. The van der Waals surface area contributed by atoms with E-state index in [0.717, 1.165) is 21.6 Å². The van der Waals surface area contributed by atoms with Crippen molar-refractivity contribution in [3.63, 3.8) is 0 Å². The molecule has 0 aliphatic carbocycles. The first kappa shape index (κ1) is 22.2. The zero-order valence-corrected chi connectivity index (χ0v) is 18.3. The molecule has 0 radical (unpaired) electrons. The Morgan fingerprint density at radius 1 is 1.14 bits per heavy atom. The van der Waals surface area contributed by atoms with Crippen LogP contribution in [0.5, 0.6) is 0 Å². The number of esters is 1. The second-order valence-corrected chi connectivity index (χ2v) is 7.61. The normalized spacial score (nSPS) is 11.2. The van der Waals surface area contributed by atoms with Gasteiger partial charge in [-0.1, -0.05) is 29.8 Å². The summed E-state index contributed by atoms with van der Waals surface area (Å²) in [5.41, 5.74) is 2.96. The van der Waals surface area contributed by atoms with Crippen molar-refractivity contribution in [2.24, 2.45) is 4.99 Å². The third kappa shape index (κ3) is 4.85. The summed E-state index contributed by atoms with van der Waals surface area (Å²) in [7, 11) is 0. The summed E-state index contributed by atoms with van der Waals surface area (Å²) in [6, 6.07) is 5.22. The van der Waals surface area contributed by atoms with Crippen molar-refractivity contribution in [2.45, 2.75) is 20.8 Å². The number of halogens is 2. The van der Waals surface area contributed by atoms with Gasteiger partial charge in [0.05, 0.1) is 13.2 Å². The Hall–Kier alpha value is -2.08. The molecular weight excluding hydrogens is 417 g/mol. The summed E-state index contributed by atoms with van der Waals surface area (Å²) >= 11 is 13.6. The minimum absolute atomic E-state index is 0.270. The Kier molecular flexibility index (Phi) is 7.87. The van der Waals surface area contributed by atoms with Crippen LogP contribution in [0.3, 0.4) is 0 Å². The van der Waals surface area contributed by atoms with E-state index >= 15 is 0 Å². The molecule has 0 saturated heterocycles. The van der Waals surface area contributed by atoms with E-state index in [-0.39, 0.29) is 6.61 Å². The van der Waals surface area contributed by atoms with Crippen molar-refractivity contribution in [3.05, 3.63) is 67.5 Å². The number of hydrogen-bond donors (Lipinski definition) is 0. The molecule has 1 aromatic carbocycles. The predicted octanol–water partition coefficient (Wildman–Crippen LogP) is 6.64. The van der Waals surface area contributed by atoms with E-state index in [4.69, 9.17) is 32.7 Å². The van der Waals surface area contributed by atoms with Crippen LogP contribution in [-0.4, -0.2) is 25.9 Å². The molecule has 0 amide bonds. The molecule has 4 nitrogen and oxygen atoms in total. The summed E-state index contributed by atoms with van der Waals surface area (Å²) in [4.78, 5) is 17.7. The third-order valence-electron chi connectivity index (χ3n) is 3.84. The van der Waals surface area contributed by atoms with Crippen LogP contribution >= 0.6 is 34.5 Å². The molecule has 0 N–H and O–H groups in total. The number of nitrogens with zero attached hydrogens (tertiary/aromatic N) is 1. The fraction of sp³-hybridized carbons (Fsp3) is 0.238. The van der Waals surface area contributed by atoms with Crippen LogP contribution in [0.2, 0.25) is 10.0 Å². The molecule has 2 rings (SSSR count). The lowest BCUT2D eigenvalue weighted by Crippen LogP contribution is -2.06. The summed E-state index contributed by atoms with van der Waals surface area (Å²) in [6.07, 6.45) is 1.61. The van der Waals surface area contributed by atoms with E-state index in [2.05, 4.69) is 18.3 Å². The molecule has 0 aliphatic heterocycles. The number of rotatable bonds is 8. The van der Waals surface area contributed by atoms with Gasteiger partial charge in [-0.25, -0.2) is 4.79 Å². The number of hydrogen-bond acceptors (Lipinski definition) is 5. The molecule has 0 unspecified atom stereocenters. The highest BCUT2D eigenvalue weighted by molar-refractivity contribution is 7.15. The van der Waals surface area contributed by atoms with Crippen LogP contribution in [0.15, 0.2) is 36.0 Å². The highest BCUT2D eigenvalue weighted by atomic mass is 35.5. The zero-order valence-electron chi connectivity index (χ0n) is 16.0. The lowest BCUT2D eigenvalue weighted by molar-refractivity contribution is 0.0531. The Labute approximate surface area is 179 Å². The minimum atomic E-state index is -0.423. The Morgan fingerprint density at radius 3 is 2.29 bits per heavy atom. The minimum Gasteiger partial charge on any atom is -0.494 e. The van der Waals surface area contributed by atoms with Crippen molar-refractivity contribution in [1.82, 2.24) is 0 Å². The smallest absolute Gasteiger partial charge is 0.349 e. The van der Waals surface area contributed by atoms with Crippen LogP contribution < -0.4 is 0 Å². The maximum atomic E-state index is 12.6. The van der Waals surface area contributed by atoms with Crippen LogP contribution in [0.1, 0.15) is 45.1 Å². The van der Waals surface area contributed by atoms with Gasteiger partial charge in [-0.2, -0.15) is 0 Å². The van der Waals surface area contributed by atoms with E-state index in [1.807, 2.05) is 13.8 Å². The molecule has 148 valence electrons. The molecule has 0 saturated carbocycles. The van der Waals surface area contributed by atoms with Gasteiger partial charge < -0.3 is 9.47 Å². The highest BCUT2D eigenvalue weighted by Crippen LogP contribution is 2.40. The average Bonchev–Trinajstić information content (AvgIpc) is 2.96. The molecule has 0 aliphatic rings. The first-order chi connectivity index (χ1) is 13.3. The lowest BCUT2D eigenvalue weighted by atomic mass is 10.00. The second-order valence-electron chi connectivity index (χ2n) is 5.72. The van der Waals surface area contributed by atoms with E-state index in [1.165, 1.54) is 11.3 Å². The van der Waals surface area contributed by atoms with E-state index in [1.54, 1.807) is 31.3 Å². The molecule has 0 fully saturated rings. The van der Waals surface area contributed by atoms with Crippen molar-refractivity contribution < 1.29 is 14.3 Å². The van der Waals surface area contributed by atoms with Gasteiger partial charge in [-0.05, 0) is 56.8 Å². The van der Waals surface area contributed by atoms with Gasteiger partial charge in [0.25, 0.3) is 0 Å². The third-order valence-corrected chi connectivity index (χ3v) is 5.59. The van der Waals surface area contributed by atoms with Crippen LogP contribution in [-0.2, 0) is 9.47 Å². The largest absolute Gasteiger partial charge is 0.494 e. The Bertz CT molecular complexity index is 927. The van der Waals surface area contributed by atoms with E-state index in [0.29, 0.717) is 32.9 Å². The summed E-state index contributed by atoms with van der Waals surface area (Å²) in [6.45, 7) is 13.8. The summed E-state index contributed by atoms with van der Waals surface area (Å²) in [5, 5.41) is 0.993. The fourth-order valence-corrected chi connectivity index (χ4v) is 4.53. The molecule has 0 atom stereocenters. The van der Waals surface area contributed by atoms with Gasteiger partial charge in [-0.3, -0.25) is 4.99 Å². The van der Waals surface area contributed by atoms with Crippen LogP contribution in [0, 0.1) is 6.92 Å².